The van der Waals surface area contributed by atoms with Crippen molar-refractivity contribution in [3.63, 3.8) is 0 Å². The van der Waals surface area contributed by atoms with Gasteiger partial charge in [-0.15, -0.1) is 0 Å². The van der Waals surface area contributed by atoms with E-state index in [1.807, 2.05) is 6.92 Å². The predicted molar refractivity (Wildman–Crippen MR) is 45.8 cm³/mol. The number of rotatable bonds is 1. The van der Waals surface area contributed by atoms with E-state index in [4.69, 9.17) is 0 Å². The Hall–Kier alpha value is -1.06. The monoisotopic (exact) mass is 201 g/mol. The summed E-state index contributed by atoms with van der Waals surface area (Å²) in [4.78, 5) is 3.33. The number of pyridine rings is 1. The van der Waals surface area contributed by atoms with Gasteiger partial charge in [-0.1, -0.05) is 6.92 Å². The lowest BCUT2D eigenvalue weighted by molar-refractivity contribution is -0.141. The molecule has 1 aromatic heterocycles. The van der Waals surface area contributed by atoms with Crippen LogP contribution in [-0.4, -0.2) is 4.98 Å². The van der Waals surface area contributed by atoms with Gasteiger partial charge >= 0.3 is 6.18 Å². The highest BCUT2D eigenvalue weighted by Crippen LogP contribution is 2.48. The molecule has 1 aliphatic carbocycles. The van der Waals surface area contributed by atoms with Gasteiger partial charge in [-0.2, -0.15) is 13.2 Å². The van der Waals surface area contributed by atoms with E-state index < -0.39 is 11.9 Å². The van der Waals surface area contributed by atoms with Crippen molar-refractivity contribution in [3.05, 3.63) is 29.6 Å². The molecule has 0 atom stereocenters. The molecule has 0 bridgehead atoms. The molecule has 1 aromatic rings. The highest BCUT2D eigenvalue weighted by atomic mass is 19.4. The summed E-state index contributed by atoms with van der Waals surface area (Å²) in [7, 11) is 0. The molecule has 0 aromatic carbocycles. The van der Waals surface area contributed by atoms with Crippen molar-refractivity contribution in [2.24, 2.45) is 0 Å². The van der Waals surface area contributed by atoms with Crippen LogP contribution < -0.4 is 0 Å². The summed E-state index contributed by atoms with van der Waals surface area (Å²) in [5.41, 5.74) is -0.0777. The largest absolute Gasteiger partial charge is 0.433 e. The predicted octanol–water partition coefficient (Wildman–Crippen LogP) is 3.15. The third-order valence-corrected chi connectivity index (χ3v) is 2.75. The van der Waals surface area contributed by atoms with Crippen molar-refractivity contribution in [2.75, 3.05) is 0 Å². The zero-order valence-corrected chi connectivity index (χ0v) is 7.73. The van der Waals surface area contributed by atoms with Crippen molar-refractivity contribution in [3.8, 4) is 0 Å². The van der Waals surface area contributed by atoms with Crippen LogP contribution in [0.3, 0.4) is 0 Å². The lowest BCUT2D eigenvalue weighted by Gasteiger charge is -2.11. The number of hydrogen-bond donors (Lipinski definition) is 0. The third kappa shape index (κ3) is 1.61. The molecule has 0 amide bonds. The smallest absolute Gasteiger partial charge is 0.252 e. The first-order valence-electron chi connectivity index (χ1n) is 4.46. The Balaban J connectivity index is 2.37. The van der Waals surface area contributed by atoms with E-state index in [1.54, 1.807) is 6.07 Å². The van der Waals surface area contributed by atoms with E-state index in [0.717, 1.165) is 24.5 Å². The summed E-state index contributed by atoms with van der Waals surface area (Å²) in [6.07, 6.45) is -1.16. The fourth-order valence-electron chi connectivity index (χ4n) is 1.44. The SMILES string of the molecule is CC1(c2ccnc(C(F)(F)F)c2)CC1. The maximum Gasteiger partial charge on any atom is 0.433 e. The van der Waals surface area contributed by atoms with Crippen molar-refractivity contribution < 1.29 is 13.2 Å². The molecule has 0 unspecified atom stereocenters. The van der Waals surface area contributed by atoms with E-state index >= 15 is 0 Å². The number of hydrogen-bond acceptors (Lipinski definition) is 1. The van der Waals surface area contributed by atoms with Crippen molar-refractivity contribution in [2.45, 2.75) is 31.4 Å². The summed E-state index contributed by atoms with van der Waals surface area (Å²) in [6.45, 7) is 1.97. The third-order valence-electron chi connectivity index (χ3n) is 2.75. The van der Waals surface area contributed by atoms with Gasteiger partial charge in [-0.05, 0) is 36.0 Å². The van der Waals surface area contributed by atoms with Crippen molar-refractivity contribution in [1.82, 2.24) is 4.98 Å². The van der Waals surface area contributed by atoms with Crippen LogP contribution in [0.25, 0.3) is 0 Å². The minimum Gasteiger partial charge on any atom is -0.252 e. The summed E-state index contributed by atoms with van der Waals surface area (Å²) in [5, 5.41) is 0. The molecule has 1 aliphatic rings. The minimum absolute atomic E-state index is 0.0388. The zero-order chi connectivity index (χ0) is 10.4. The molecule has 0 aliphatic heterocycles. The Labute approximate surface area is 80.0 Å². The average molecular weight is 201 g/mol. The van der Waals surface area contributed by atoms with Crippen LogP contribution in [0.4, 0.5) is 13.2 Å². The van der Waals surface area contributed by atoms with Gasteiger partial charge in [0.1, 0.15) is 5.69 Å². The van der Waals surface area contributed by atoms with E-state index in [2.05, 4.69) is 4.98 Å². The summed E-state index contributed by atoms with van der Waals surface area (Å²) in [5.74, 6) is 0. The standard InChI is InChI=1S/C10H10F3N/c1-9(3-4-9)7-2-5-14-8(6-7)10(11,12)13/h2,5-6H,3-4H2,1H3. The Morgan fingerprint density at radius 1 is 1.36 bits per heavy atom. The first-order valence-corrected chi connectivity index (χ1v) is 4.46. The first-order chi connectivity index (χ1) is 6.42. The number of aromatic nitrogens is 1. The molecule has 14 heavy (non-hydrogen) atoms. The Bertz CT molecular complexity index is 332. The van der Waals surface area contributed by atoms with Crippen molar-refractivity contribution >= 4 is 0 Å². The molecule has 0 N–H and O–H groups in total. The van der Waals surface area contributed by atoms with Gasteiger partial charge in [0.2, 0.25) is 0 Å². The second-order valence-corrected chi connectivity index (χ2v) is 3.99. The van der Waals surface area contributed by atoms with Gasteiger partial charge in [0.15, 0.2) is 0 Å². The van der Waals surface area contributed by atoms with Crippen LogP contribution in [0.1, 0.15) is 31.0 Å². The molecule has 1 saturated carbocycles. The van der Waals surface area contributed by atoms with Gasteiger partial charge in [0.25, 0.3) is 0 Å². The number of alkyl halides is 3. The van der Waals surface area contributed by atoms with Gasteiger partial charge in [-0.25, -0.2) is 0 Å². The normalized spacial score (nSPS) is 19.4. The summed E-state index contributed by atoms with van der Waals surface area (Å²) < 4.78 is 36.9. The van der Waals surface area contributed by atoms with Crippen LogP contribution in [0.15, 0.2) is 18.3 Å². The van der Waals surface area contributed by atoms with E-state index in [-0.39, 0.29) is 5.41 Å². The Morgan fingerprint density at radius 3 is 2.50 bits per heavy atom. The maximum atomic E-state index is 12.3. The van der Waals surface area contributed by atoms with Gasteiger partial charge < -0.3 is 0 Å². The summed E-state index contributed by atoms with van der Waals surface area (Å²) >= 11 is 0. The molecular formula is C10H10F3N. The fraction of sp³-hybridized carbons (Fsp3) is 0.500. The summed E-state index contributed by atoms with van der Waals surface area (Å²) in [6, 6.07) is 2.83. The van der Waals surface area contributed by atoms with E-state index in [0.29, 0.717) is 0 Å². The number of nitrogens with zero attached hydrogens (tertiary/aromatic N) is 1. The average Bonchev–Trinajstić information content (AvgIpc) is 2.84. The molecule has 4 heteroatoms. The minimum atomic E-state index is -4.33. The van der Waals surface area contributed by atoms with Gasteiger partial charge in [0.05, 0.1) is 0 Å². The molecule has 1 fully saturated rings. The zero-order valence-electron chi connectivity index (χ0n) is 7.73. The lowest BCUT2D eigenvalue weighted by Crippen LogP contribution is -2.10. The Morgan fingerprint density at radius 2 is 2.00 bits per heavy atom. The molecule has 76 valence electrons. The highest BCUT2D eigenvalue weighted by molar-refractivity contribution is 5.31. The molecule has 1 nitrogen and oxygen atoms in total. The molecule has 0 saturated heterocycles. The second-order valence-electron chi connectivity index (χ2n) is 3.99. The van der Waals surface area contributed by atoms with Crippen LogP contribution in [0.5, 0.6) is 0 Å². The van der Waals surface area contributed by atoms with Crippen molar-refractivity contribution in [1.29, 1.82) is 0 Å². The molecule has 2 rings (SSSR count). The molecule has 0 radical (unpaired) electrons. The Kier molecular flexibility index (Phi) is 1.84. The van der Waals surface area contributed by atoms with Gasteiger partial charge in [0, 0.05) is 6.20 Å². The lowest BCUT2D eigenvalue weighted by atomic mass is 9.99. The number of halogens is 3. The molecular weight excluding hydrogens is 191 g/mol. The first kappa shape index (κ1) is 9.49. The highest BCUT2D eigenvalue weighted by Gasteiger charge is 2.41. The molecule has 0 spiro atoms. The quantitative estimate of drug-likeness (QED) is 0.680. The van der Waals surface area contributed by atoms with E-state index in [9.17, 15) is 13.2 Å². The fourth-order valence-corrected chi connectivity index (χ4v) is 1.44. The van der Waals surface area contributed by atoms with Crippen LogP contribution in [-0.2, 0) is 11.6 Å². The van der Waals surface area contributed by atoms with Crippen LogP contribution in [0.2, 0.25) is 0 Å². The van der Waals surface area contributed by atoms with Crippen LogP contribution in [0, 0.1) is 0 Å². The van der Waals surface area contributed by atoms with Gasteiger partial charge in [-0.3, -0.25) is 4.98 Å². The maximum absolute atomic E-state index is 12.3. The van der Waals surface area contributed by atoms with E-state index in [1.165, 1.54) is 6.20 Å². The van der Waals surface area contributed by atoms with Crippen LogP contribution >= 0.6 is 0 Å². The second kappa shape index (κ2) is 2.72. The topological polar surface area (TPSA) is 12.9 Å². The molecule has 1 heterocycles.